The molecule has 1 atom stereocenters. The van der Waals surface area contributed by atoms with Crippen molar-refractivity contribution in [1.29, 1.82) is 0 Å². The highest BCUT2D eigenvalue weighted by Crippen LogP contribution is 2.32. The van der Waals surface area contributed by atoms with E-state index in [1.165, 1.54) is 19.2 Å². The number of rotatable bonds is 7. The molecule has 1 unspecified atom stereocenters. The molecule has 0 spiro atoms. The van der Waals surface area contributed by atoms with Crippen molar-refractivity contribution in [2.24, 2.45) is 0 Å². The third kappa shape index (κ3) is 6.38. The van der Waals surface area contributed by atoms with Gasteiger partial charge in [-0.2, -0.15) is 0 Å². The van der Waals surface area contributed by atoms with Crippen molar-refractivity contribution in [1.82, 2.24) is 4.90 Å². The number of benzene rings is 1. The first-order valence-corrected chi connectivity index (χ1v) is 7.26. The SMILES string of the molecule is COCC(O)CN(C)CC(=O)Nc1cc(Cl)c(Cl)cc1Cl. The van der Waals surface area contributed by atoms with Gasteiger partial charge in [-0.15, -0.1) is 0 Å². The van der Waals surface area contributed by atoms with Gasteiger partial charge < -0.3 is 15.2 Å². The lowest BCUT2D eigenvalue weighted by Crippen LogP contribution is -2.37. The average Bonchev–Trinajstić information content (AvgIpc) is 2.35. The number of aliphatic hydroxyl groups is 1. The Kier molecular flexibility index (Phi) is 7.73. The Hall–Kier alpha value is -0.560. The van der Waals surface area contributed by atoms with E-state index in [0.29, 0.717) is 27.3 Å². The van der Waals surface area contributed by atoms with Crippen LogP contribution in [0.15, 0.2) is 12.1 Å². The number of hydrogen-bond donors (Lipinski definition) is 2. The maximum atomic E-state index is 11.9. The highest BCUT2D eigenvalue weighted by molar-refractivity contribution is 6.44. The second kappa shape index (κ2) is 8.78. The number of halogens is 3. The molecule has 1 rings (SSSR count). The second-order valence-corrected chi connectivity index (χ2v) is 5.82. The van der Waals surface area contributed by atoms with Crippen LogP contribution in [0.25, 0.3) is 0 Å². The molecule has 0 aliphatic rings. The fourth-order valence-corrected chi connectivity index (χ4v) is 2.32. The topological polar surface area (TPSA) is 61.8 Å². The number of anilines is 1. The van der Waals surface area contributed by atoms with Crippen LogP contribution in [0.2, 0.25) is 15.1 Å². The van der Waals surface area contributed by atoms with Crippen LogP contribution in [0.4, 0.5) is 5.69 Å². The molecule has 0 bridgehead atoms. The fourth-order valence-electron chi connectivity index (χ4n) is 1.72. The van der Waals surface area contributed by atoms with Gasteiger partial charge in [-0.05, 0) is 19.2 Å². The van der Waals surface area contributed by atoms with Gasteiger partial charge in [0.25, 0.3) is 0 Å². The molecular weight excluding hydrogens is 339 g/mol. The molecule has 5 nitrogen and oxygen atoms in total. The van der Waals surface area contributed by atoms with Gasteiger partial charge in [-0.1, -0.05) is 34.8 Å². The number of nitrogens with zero attached hydrogens (tertiary/aromatic N) is 1. The molecule has 0 aliphatic carbocycles. The lowest BCUT2D eigenvalue weighted by Gasteiger charge is -2.19. The second-order valence-electron chi connectivity index (χ2n) is 4.60. The molecule has 8 heteroatoms. The van der Waals surface area contributed by atoms with Crippen LogP contribution in [0.1, 0.15) is 0 Å². The normalized spacial score (nSPS) is 12.5. The number of carbonyl (C=O) groups is 1. The Morgan fingerprint density at radius 1 is 1.33 bits per heavy atom. The molecule has 1 amide bonds. The third-order valence-corrected chi connectivity index (χ3v) is 3.61. The zero-order valence-corrected chi connectivity index (χ0v) is 14.0. The summed E-state index contributed by atoms with van der Waals surface area (Å²) < 4.78 is 4.82. The maximum absolute atomic E-state index is 11.9. The summed E-state index contributed by atoms with van der Waals surface area (Å²) >= 11 is 17.7. The molecule has 0 fully saturated rings. The summed E-state index contributed by atoms with van der Waals surface area (Å²) in [6.07, 6.45) is -0.652. The van der Waals surface area contributed by atoms with Crippen molar-refractivity contribution in [3.05, 3.63) is 27.2 Å². The number of amides is 1. The standard InChI is InChI=1S/C13H17Cl3N2O3/c1-18(5-8(19)7-21-2)6-13(20)17-12-4-10(15)9(14)3-11(12)16/h3-4,8,19H,5-7H2,1-2H3,(H,17,20). The first-order chi connectivity index (χ1) is 9.83. The van der Waals surface area contributed by atoms with Gasteiger partial charge in [-0.3, -0.25) is 9.69 Å². The van der Waals surface area contributed by atoms with E-state index in [4.69, 9.17) is 39.5 Å². The number of nitrogens with one attached hydrogen (secondary N) is 1. The van der Waals surface area contributed by atoms with Gasteiger partial charge in [0.2, 0.25) is 5.91 Å². The Labute approximate surface area is 138 Å². The number of ether oxygens (including phenoxy) is 1. The number of carbonyl (C=O) groups excluding carboxylic acids is 1. The molecule has 21 heavy (non-hydrogen) atoms. The first kappa shape index (κ1) is 18.5. The van der Waals surface area contributed by atoms with E-state index in [9.17, 15) is 9.90 Å². The van der Waals surface area contributed by atoms with Crippen molar-refractivity contribution in [3.63, 3.8) is 0 Å². The van der Waals surface area contributed by atoms with E-state index in [1.807, 2.05) is 0 Å². The summed E-state index contributed by atoms with van der Waals surface area (Å²) in [4.78, 5) is 13.6. The van der Waals surface area contributed by atoms with Crippen LogP contribution in [0.3, 0.4) is 0 Å². The summed E-state index contributed by atoms with van der Waals surface area (Å²) in [5, 5.41) is 13.2. The molecule has 0 radical (unpaired) electrons. The van der Waals surface area contributed by atoms with Gasteiger partial charge in [0.15, 0.2) is 0 Å². The van der Waals surface area contributed by atoms with Crippen LogP contribution in [-0.4, -0.2) is 55.9 Å². The van der Waals surface area contributed by atoms with Gasteiger partial charge in [0, 0.05) is 13.7 Å². The smallest absolute Gasteiger partial charge is 0.238 e. The minimum absolute atomic E-state index is 0.0946. The Balaban J connectivity index is 2.56. The Morgan fingerprint density at radius 2 is 1.95 bits per heavy atom. The first-order valence-electron chi connectivity index (χ1n) is 6.13. The molecule has 0 aliphatic heterocycles. The van der Waals surface area contributed by atoms with Gasteiger partial charge in [-0.25, -0.2) is 0 Å². The van der Waals surface area contributed by atoms with Crippen LogP contribution in [0, 0.1) is 0 Å². The molecule has 1 aromatic rings. The monoisotopic (exact) mass is 354 g/mol. The number of likely N-dealkylation sites (N-methyl/N-ethyl adjacent to an activating group) is 1. The van der Waals surface area contributed by atoms with Crippen LogP contribution < -0.4 is 5.32 Å². The predicted octanol–water partition coefficient (Wildman–Crippen LogP) is 2.52. The number of aliphatic hydroxyl groups excluding tert-OH is 1. The molecule has 0 saturated heterocycles. The van der Waals surface area contributed by atoms with Gasteiger partial charge in [0.1, 0.15) is 0 Å². The largest absolute Gasteiger partial charge is 0.389 e. The molecule has 2 N–H and O–H groups in total. The zero-order valence-electron chi connectivity index (χ0n) is 11.7. The lowest BCUT2D eigenvalue weighted by molar-refractivity contribution is -0.117. The highest BCUT2D eigenvalue weighted by Gasteiger charge is 2.13. The van der Waals surface area contributed by atoms with E-state index in [0.717, 1.165) is 0 Å². The molecule has 0 saturated carbocycles. The van der Waals surface area contributed by atoms with E-state index in [1.54, 1.807) is 11.9 Å². The maximum Gasteiger partial charge on any atom is 0.238 e. The zero-order chi connectivity index (χ0) is 16.0. The number of hydrogen-bond acceptors (Lipinski definition) is 4. The van der Waals surface area contributed by atoms with E-state index < -0.39 is 6.10 Å². The Morgan fingerprint density at radius 3 is 2.57 bits per heavy atom. The van der Waals surface area contributed by atoms with Crippen LogP contribution in [-0.2, 0) is 9.53 Å². The van der Waals surface area contributed by atoms with E-state index in [2.05, 4.69) is 5.32 Å². The molecular formula is C13H17Cl3N2O3. The minimum atomic E-state index is -0.652. The minimum Gasteiger partial charge on any atom is -0.389 e. The van der Waals surface area contributed by atoms with Crippen molar-refractivity contribution in [2.45, 2.75) is 6.10 Å². The van der Waals surface area contributed by atoms with E-state index >= 15 is 0 Å². The lowest BCUT2D eigenvalue weighted by atomic mass is 10.3. The molecule has 0 aromatic heterocycles. The number of methoxy groups -OCH3 is 1. The fraction of sp³-hybridized carbons (Fsp3) is 0.462. The van der Waals surface area contributed by atoms with Crippen molar-refractivity contribution in [2.75, 3.05) is 39.2 Å². The quantitative estimate of drug-likeness (QED) is 0.738. The van der Waals surface area contributed by atoms with Crippen molar-refractivity contribution in [3.8, 4) is 0 Å². The average molecular weight is 356 g/mol. The van der Waals surface area contributed by atoms with Gasteiger partial charge in [0.05, 0.1) is 40.0 Å². The highest BCUT2D eigenvalue weighted by atomic mass is 35.5. The predicted molar refractivity (Wildman–Crippen MR) is 85.5 cm³/mol. The van der Waals surface area contributed by atoms with Crippen molar-refractivity contribution >= 4 is 46.4 Å². The molecule has 0 heterocycles. The van der Waals surface area contributed by atoms with Crippen molar-refractivity contribution < 1.29 is 14.6 Å². The van der Waals surface area contributed by atoms with Crippen LogP contribution >= 0.6 is 34.8 Å². The summed E-state index contributed by atoms with van der Waals surface area (Å²) in [5.41, 5.74) is 0.391. The summed E-state index contributed by atoms with van der Waals surface area (Å²) in [5.74, 6) is -0.276. The summed E-state index contributed by atoms with van der Waals surface area (Å²) in [6.45, 7) is 0.623. The van der Waals surface area contributed by atoms with Crippen LogP contribution in [0.5, 0.6) is 0 Å². The molecule has 1 aromatic carbocycles. The summed E-state index contributed by atoms with van der Waals surface area (Å²) in [6, 6.07) is 2.96. The Bertz CT molecular complexity index is 500. The molecule has 118 valence electrons. The van der Waals surface area contributed by atoms with E-state index in [-0.39, 0.29) is 19.1 Å². The van der Waals surface area contributed by atoms with Gasteiger partial charge >= 0.3 is 0 Å². The third-order valence-electron chi connectivity index (χ3n) is 2.58. The summed E-state index contributed by atoms with van der Waals surface area (Å²) in [7, 11) is 3.22.